The van der Waals surface area contributed by atoms with Crippen LogP contribution in [0.2, 0.25) is 0 Å². The maximum atomic E-state index is 13.3. The number of hydrogen-bond acceptors (Lipinski definition) is 3. The van der Waals surface area contributed by atoms with E-state index in [1.54, 1.807) is 19.1 Å². The lowest BCUT2D eigenvalue weighted by Gasteiger charge is -2.37. The van der Waals surface area contributed by atoms with Gasteiger partial charge in [0.25, 0.3) is 0 Å². The molecule has 4 nitrogen and oxygen atoms in total. The van der Waals surface area contributed by atoms with E-state index in [0.29, 0.717) is 39.0 Å². The molecule has 2 N–H and O–H groups in total. The van der Waals surface area contributed by atoms with Gasteiger partial charge in [0.2, 0.25) is 5.91 Å². The zero-order valence-electron chi connectivity index (χ0n) is 14.8. The van der Waals surface area contributed by atoms with Crippen LogP contribution in [0.25, 0.3) is 0 Å². The molecule has 1 fully saturated rings. The van der Waals surface area contributed by atoms with E-state index in [2.05, 4.69) is 5.32 Å². The predicted molar refractivity (Wildman–Crippen MR) is 91.2 cm³/mol. The minimum absolute atomic E-state index is 0.0453. The number of halogens is 1. The molecule has 2 rings (SSSR count). The van der Waals surface area contributed by atoms with Crippen LogP contribution in [0.5, 0.6) is 0 Å². The van der Waals surface area contributed by atoms with E-state index in [4.69, 9.17) is 4.74 Å². The molecule has 5 heteroatoms. The number of ether oxygens (including phenoxy) is 1. The third kappa shape index (κ3) is 4.54. The van der Waals surface area contributed by atoms with E-state index in [9.17, 15) is 14.3 Å². The topological polar surface area (TPSA) is 58.6 Å². The first kappa shape index (κ1) is 18.9. The molecule has 1 atom stereocenters. The number of nitrogens with one attached hydrogen (secondary N) is 1. The van der Waals surface area contributed by atoms with Gasteiger partial charge in [0.05, 0.1) is 11.5 Å². The molecular weight excluding hydrogens is 309 g/mol. The molecule has 1 aliphatic heterocycles. The number of benzene rings is 1. The third-order valence-electron chi connectivity index (χ3n) is 4.75. The van der Waals surface area contributed by atoms with Gasteiger partial charge in [0.1, 0.15) is 5.82 Å². The number of aliphatic hydroxyl groups is 1. The van der Waals surface area contributed by atoms with Crippen molar-refractivity contribution in [2.75, 3.05) is 19.8 Å². The van der Waals surface area contributed by atoms with Gasteiger partial charge in [-0.2, -0.15) is 0 Å². The highest BCUT2D eigenvalue weighted by Gasteiger charge is 2.42. The van der Waals surface area contributed by atoms with Crippen molar-refractivity contribution in [1.82, 2.24) is 5.32 Å². The Balaban J connectivity index is 2.15. The summed E-state index contributed by atoms with van der Waals surface area (Å²) in [4.78, 5) is 13.0. The van der Waals surface area contributed by atoms with Gasteiger partial charge in [-0.15, -0.1) is 0 Å². The number of carbonyl (C=O) groups is 1. The first-order chi connectivity index (χ1) is 11.3. The van der Waals surface area contributed by atoms with Crippen molar-refractivity contribution < 1.29 is 19.0 Å². The number of hydrogen-bond donors (Lipinski definition) is 2. The van der Waals surface area contributed by atoms with Gasteiger partial charge in [-0.1, -0.05) is 26.0 Å². The largest absolute Gasteiger partial charge is 0.393 e. The van der Waals surface area contributed by atoms with Crippen LogP contribution in [0, 0.1) is 11.2 Å². The Morgan fingerprint density at radius 3 is 2.46 bits per heavy atom. The van der Waals surface area contributed by atoms with E-state index in [1.165, 1.54) is 12.1 Å². The van der Waals surface area contributed by atoms with Crippen LogP contribution in [0.4, 0.5) is 4.39 Å². The van der Waals surface area contributed by atoms with Crippen molar-refractivity contribution in [2.24, 2.45) is 5.41 Å². The highest BCUT2D eigenvalue weighted by atomic mass is 19.1. The normalized spacial score (nSPS) is 18.9. The lowest BCUT2D eigenvalue weighted by molar-refractivity contribution is -0.131. The molecule has 1 unspecified atom stereocenters. The van der Waals surface area contributed by atoms with E-state index in [0.717, 1.165) is 5.56 Å². The Hall–Kier alpha value is -1.46. The van der Waals surface area contributed by atoms with Crippen molar-refractivity contribution in [3.63, 3.8) is 0 Å². The van der Waals surface area contributed by atoms with Crippen molar-refractivity contribution >= 4 is 5.91 Å². The molecule has 1 saturated heterocycles. The lowest BCUT2D eigenvalue weighted by atomic mass is 9.73. The fourth-order valence-electron chi connectivity index (χ4n) is 3.50. The quantitative estimate of drug-likeness (QED) is 0.839. The minimum Gasteiger partial charge on any atom is -0.393 e. The molecule has 134 valence electrons. The Kier molecular flexibility index (Phi) is 5.99. The molecule has 0 aliphatic carbocycles. The molecule has 1 heterocycles. The maximum absolute atomic E-state index is 13.3. The summed E-state index contributed by atoms with van der Waals surface area (Å²) in [5.41, 5.74) is -0.0377. The van der Waals surface area contributed by atoms with Gasteiger partial charge in [0.15, 0.2) is 0 Å². The van der Waals surface area contributed by atoms with Gasteiger partial charge in [0, 0.05) is 19.8 Å². The molecular formula is C19H28FNO3. The Bertz CT molecular complexity index is 548. The monoisotopic (exact) mass is 337 g/mol. The number of carbonyl (C=O) groups excluding carboxylic acids is 1. The summed E-state index contributed by atoms with van der Waals surface area (Å²) in [5, 5.41) is 12.6. The zero-order chi connectivity index (χ0) is 17.8. The summed E-state index contributed by atoms with van der Waals surface area (Å²) in [7, 11) is 0. The van der Waals surface area contributed by atoms with Gasteiger partial charge in [-0.3, -0.25) is 4.79 Å². The van der Waals surface area contributed by atoms with Crippen LogP contribution in [0.1, 0.15) is 45.6 Å². The van der Waals surface area contributed by atoms with Gasteiger partial charge >= 0.3 is 0 Å². The molecule has 1 aliphatic rings. The van der Waals surface area contributed by atoms with E-state index < -0.39 is 11.5 Å². The van der Waals surface area contributed by atoms with Gasteiger partial charge in [-0.05, 0) is 49.3 Å². The summed E-state index contributed by atoms with van der Waals surface area (Å²) in [6.45, 7) is 7.31. The molecule has 0 spiro atoms. The fraction of sp³-hybridized carbons (Fsp3) is 0.632. The second kappa shape index (κ2) is 7.62. The van der Waals surface area contributed by atoms with Gasteiger partial charge < -0.3 is 15.2 Å². The van der Waals surface area contributed by atoms with Crippen LogP contribution in [-0.4, -0.2) is 36.9 Å². The SMILES string of the molecule is CC(O)CC(C)(C)CNC(=O)C1(c2ccc(F)cc2)CCOCC1. The van der Waals surface area contributed by atoms with E-state index in [-0.39, 0.29) is 17.1 Å². The van der Waals surface area contributed by atoms with Crippen LogP contribution in [0.15, 0.2) is 24.3 Å². The summed E-state index contributed by atoms with van der Waals surface area (Å²) in [6, 6.07) is 6.19. The Morgan fingerprint density at radius 1 is 1.33 bits per heavy atom. The molecule has 1 amide bonds. The fourth-order valence-corrected chi connectivity index (χ4v) is 3.50. The number of rotatable bonds is 6. The number of aliphatic hydroxyl groups excluding tert-OH is 1. The summed E-state index contributed by atoms with van der Waals surface area (Å²) in [5.74, 6) is -0.351. The average molecular weight is 337 g/mol. The lowest BCUT2D eigenvalue weighted by Crippen LogP contribution is -2.50. The standard InChI is InChI=1S/C19H28FNO3/c1-14(22)12-18(2,3)13-21-17(23)19(8-10-24-11-9-19)15-4-6-16(20)7-5-15/h4-7,14,22H,8-13H2,1-3H3,(H,21,23). The first-order valence-electron chi connectivity index (χ1n) is 8.55. The van der Waals surface area contributed by atoms with Crippen molar-refractivity contribution in [3.8, 4) is 0 Å². The van der Waals surface area contributed by atoms with Crippen molar-refractivity contribution in [2.45, 2.75) is 51.6 Å². The highest BCUT2D eigenvalue weighted by Crippen LogP contribution is 2.35. The van der Waals surface area contributed by atoms with E-state index >= 15 is 0 Å². The molecule has 1 aromatic rings. The van der Waals surface area contributed by atoms with Crippen LogP contribution in [0.3, 0.4) is 0 Å². The predicted octanol–water partition coefficient (Wildman–Crippen LogP) is 2.79. The van der Waals surface area contributed by atoms with E-state index in [1.807, 2.05) is 13.8 Å². The molecule has 0 saturated carbocycles. The summed E-state index contributed by atoms with van der Waals surface area (Å²) in [6.07, 6.45) is 1.37. The molecule has 1 aromatic carbocycles. The number of amides is 1. The van der Waals surface area contributed by atoms with Crippen LogP contribution >= 0.6 is 0 Å². The van der Waals surface area contributed by atoms with Crippen LogP contribution < -0.4 is 5.32 Å². The molecule has 24 heavy (non-hydrogen) atoms. The van der Waals surface area contributed by atoms with Gasteiger partial charge in [-0.25, -0.2) is 4.39 Å². The summed E-state index contributed by atoms with van der Waals surface area (Å²) >= 11 is 0. The average Bonchev–Trinajstić information content (AvgIpc) is 2.53. The third-order valence-corrected chi connectivity index (χ3v) is 4.75. The second-order valence-electron chi connectivity index (χ2n) is 7.60. The molecule has 0 radical (unpaired) electrons. The van der Waals surface area contributed by atoms with Crippen molar-refractivity contribution in [1.29, 1.82) is 0 Å². The first-order valence-corrected chi connectivity index (χ1v) is 8.55. The molecule has 0 bridgehead atoms. The molecule has 0 aromatic heterocycles. The zero-order valence-corrected chi connectivity index (χ0v) is 14.8. The smallest absolute Gasteiger partial charge is 0.230 e. The second-order valence-corrected chi connectivity index (χ2v) is 7.60. The highest BCUT2D eigenvalue weighted by molar-refractivity contribution is 5.88. The summed E-state index contributed by atoms with van der Waals surface area (Å²) < 4.78 is 18.7. The van der Waals surface area contributed by atoms with Crippen LogP contribution in [-0.2, 0) is 14.9 Å². The maximum Gasteiger partial charge on any atom is 0.230 e. The minimum atomic E-state index is -0.674. The van der Waals surface area contributed by atoms with Crippen molar-refractivity contribution in [3.05, 3.63) is 35.6 Å². The Morgan fingerprint density at radius 2 is 1.92 bits per heavy atom. The Labute approximate surface area is 143 Å².